The second-order valence-corrected chi connectivity index (χ2v) is 8.73. The van der Waals surface area contributed by atoms with Crippen LogP contribution in [-0.4, -0.2) is 45.5 Å². The van der Waals surface area contributed by atoms with Gasteiger partial charge in [-0.15, -0.1) is 11.3 Å². The number of hydrogen-bond donors (Lipinski definition) is 2. The first-order valence-corrected chi connectivity index (χ1v) is 9.42. The van der Waals surface area contributed by atoms with E-state index >= 15 is 0 Å². The molecule has 4 rings (SSSR count). The van der Waals surface area contributed by atoms with Gasteiger partial charge in [-0.2, -0.15) is 0 Å². The van der Waals surface area contributed by atoms with Gasteiger partial charge in [0.25, 0.3) is 0 Å². The fourth-order valence-corrected chi connectivity index (χ4v) is 5.82. The van der Waals surface area contributed by atoms with Gasteiger partial charge in [-0.25, -0.2) is 13.1 Å². The van der Waals surface area contributed by atoms with Crippen molar-refractivity contribution in [1.29, 1.82) is 0 Å². The average molecular weight is 315 g/mol. The van der Waals surface area contributed by atoms with Gasteiger partial charge in [0.15, 0.2) is 0 Å². The van der Waals surface area contributed by atoms with Crippen molar-refractivity contribution < 1.29 is 8.42 Å². The molecule has 2 bridgehead atoms. The van der Waals surface area contributed by atoms with E-state index in [2.05, 4.69) is 9.62 Å². The number of nitrogens with one attached hydrogen (secondary N) is 1. The largest absolute Gasteiger partial charge is 0.330 e. The molecule has 0 amide bonds. The molecule has 3 saturated heterocycles. The average Bonchev–Trinajstić information content (AvgIpc) is 2.90. The summed E-state index contributed by atoms with van der Waals surface area (Å²) < 4.78 is 28.2. The fourth-order valence-electron chi connectivity index (χ4n) is 3.14. The quantitative estimate of drug-likeness (QED) is 0.835. The molecule has 0 aromatic carbocycles. The molecule has 1 unspecified atom stereocenters. The molecule has 20 heavy (non-hydrogen) atoms. The molecule has 1 aromatic rings. The minimum atomic E-state index is -3.38. The molecule has 3 fully saturated rings. The fraction of sp³-hybridized carbons (Fsp3) is 0.692. The van der Waals surface area contributed by atoms with Crippen molar-refractivity contribution in [2.24, 2.45) is 11.7 Å². The van der Waals surface area contributed by atoms with Crippen molar-refractivity contribution in [3.8, 4) is 0 Å². The van der Waals surface area contributed by atoms with E-state index in [-0.39, 0.29) is 6.04 Å². The number of thiophene rings is 1. The second kappa shape index (κ2) is 5.73. The van der Waals surface area contributed by atoms with Crippen molar-refractivity contribution in [3.63, 3.8) is 0 Å². The minimum Gasteiger partial charge on any atom is -0.330 e. The van der Waals surface area contributed by atoms with E-state index in [9.17, 15) is 8.42 Å². The monoisotopic (exact) mass is 315 g/mol. The third kappa shape index (κ3) is 2.92. The van der Waals surface area contributed by atoms with Gasteiger partial charge in [0.1, 0.15) is 4.21 Å². The lowest BCUT2D eigenvalue weighted by Gasteiger charge is -2.44. The topological polar surface area (TPSA) is 75.4 Å². The summed E-state index contributed by atoms with van der Waals surface area (Å²) in [6, 6.07) is 3.63. The SMILES string of the molecule is NCCc1ccc(S(=O)(=O)NC2CN3CCC2CC3)s1. The van der Waals surface area contributed by atoms with Crippen LogP contribution in [0.5, 0.6) is 0 Å². The summed E-state index contributed by atoms with van der Waals surface area (Å²) in [5, 5.41) is 0. The number of piperidine rings is 3. The van der Waals surface area contributed by atoms with Crippen molar-refractivity contribution in [1.82, 2.24) is 9.62 Å². The lowest BCUT2D eigenvalue weighted by Crippen LogP contribution is -2.57. The predicted octanol–water partition coefficient (Wildman–Crippen LogP) is 0.622. The van der Waals surface area contributed by atoms with Gasteiger partial charge < -0.3 is 10.6 Å². The standard InChI is InChI=1S/C13H21N3O2S2/c14-6-3-11-1-2-13(19-11)20(17,18)15-12-9-16-7-4-10(12)5-8-16/h1-2,10,12,15H,3-9,14H2. The maximum absolute atomic E-state index is 12.4. The summed E-state index contributed by atoms with van der Waals surface area (Å²) in [6.07, 6.45) is 2.95. The van der Waals surface area contributed by atoms with Crippen molar-refractivity contribution >= 4 is 21.4 Å². The molecule has 1 aromatic heterocycles. The zero-order chi connectivity index (χ0) is 14.2. The Morgan fingerprint density at radius 3 is 2.70 bits per heavy atom. The lowest BCUT2D eigenvalue weighted by molar-refractivity contribution is 0.0827. The van der Waals surface area contributed by atoms with E-state index in [0.29, 0.717) is 16.7 Å². The van der Waals surface area contributed by atoms with Gasteiger partial charge in [0.2, 0.25) is 10.0 Å². The zero-order valence-electron chi connectivity index (χ0n) is 11.4. The highest BCUT2D eigenvalue weighted by molar-refractivity contribution is 7.91. The summed E-state index contributed by atoms with van der Waals surface area (Å²) in [7, 11) is -3.38. The Labute approximate surface area is 124 Å². The molecule has 4 heterocycles. The smallest absolute Gasteiger partial charge is 0.250 e. The maximum Gasteiger partial charge on any atom is 0.250 e. The van der Waals surface area contributed by atoms with Crippen molar-refractivity contribution in [2.75, 3.05) is 26.2 Å². The van der Waals surface area contributed by atoms with Gasteiger partial charge >= 0.3 is 0 Å². The van der Waals surface area contributed by atoms with E-state index in [1.165, 1.54) is 11.3 Å². The summed E-state index contributed by atoms with van der Waals surface area (Å²) in [5.74, 6) is 0.498. The second-order valence-electron chi connectivity index (χ2n) is 5.63. The van der Waals surface area contributed by atoms with Gasteiger partial charge in [-0.3, -0.25) is 0 Å². The number of fused-ring (bicyclic) bond motifs is 3. The molecule has 0 radical (unpaired) electrons. The Hall–Kier alpha value is -0.470. The highest BCUT2D eigenvalue weighted by Gasteiger charge is 2.36. The lowest BCUT2D eigenvalue weighted by atomic mass is 9.85. The van der Waals surface area contributed by atoms with Crippen LogP contribution in [0.15, 0.2) is 16.3 Å². The maximum atomic E-state index is 12.4. The Morgan fingerprint density at radius 2 is 2.10 bits per heavy atom. The predicted molar refractivity (Wildman–Crippen MR) is 80.4 cm³/mol. The van der Waals surface area contributed by atoms with Crippen LogP contribution in [0.2, 0.25) is 0 Å². The first-order chi connectivity index (χ1) is 9.58. The van der Waals surface area contributed by atoms with Crippen LogP contribution in [0.1, 0.15) is 17.7 Å². The van der Waals surface area contributed by atoms with Crippen LogP contribution in [0.25, 0.3) is 0 Å². The number of nitrogens with zero attached hydrogens (tertiary/aromatic N) is 1. The highest BCUT2D eigenvalue weighted by atomic mass is 32.2. The summed E-state index contributed by atoms with van der Waals surface area (Å²) >= 11 is 1.33. The van der Waals surface area contributed by atoms with E-state index in [4.69, 9.17) is 5.73 Å². The first kappa shape index (κ1) is 14.5. The van der Waals surface area contributed by atoms with Crippen LogP contribution in [0.4, 0.5) is 0 Å². The van der Waals surface area contributed by atoms with Crippen LogP contribution in [0.3, 0.4) is 0 Å². The molecule has 7 heteroatoms. The van der Waals surface area contributed by atoms with Crippen molar-refractivity contribution in [3.05, 3.63) is 17.0 Å². The third-order valence-electron chi connectivity index (χ3n) is 4.26. The van der Waals surface area contributed by atoms with Crippen LogP contribution in [0, 0.1) is 5.92 Å². The van der Waals surface area contributed by atoms with Gasteiger partial charge in [-0.1, -0.05) is 0 Å². The molecule has 112 valence electrons. The normalized spacial score (nSPS) is 29.8. The van der Waals surface area contributed by atoms with Gasteiger partial charge in [-0.05, 0) is 56.9 Å². The van der Waals surface area contributed by atoms with Gasteiger partial charge in [0, 0.05) is 17.5 Å². The highest BCUT2D eigenvalue weighted by Crippen LogP contribution is 2.29. The van der Waals surface area contributed by atoms with Crippen LogP contribution < -0.4 is 10.5 Å². The third-order valence-corrected chi connectivity index (χ3v) is 7.38. The Balaban J connectivity index is 1.71. The molecule has 0 aliphatic carbocycles. The Kier molecular flexibility index (Phi) is 4.14. The van der Waals surface area contributed by atoms with E-state index < -0.39 is 10.0 Å². The number of hydrogen-bond acceptors (Lipinski definition) is 5. The Bertz CT molecular complexity index is 562. The van der Waals surface area contributed by atoms with Gasteiger partial charge in [0.05, 0.1) is 0 Å². The summed E-state index contributed by atoms with van der Waals surface area (Å²) in [4.78, 5) is 3.38. The van der Waals surface area contributed by atoms with E-state index in [0.717, 1.165) is 43.8 Å². The molecule has 3 N–H and O–H groups in total. The van der Waals surface area contributed by atoms with Crippen LogP contribution in [-0.2, 0) is 16.4 Å². The molecule has 5 nitrogen and oxygen atoms in total. The van der Waals surface area contributed by atoms with Crippen LogP contribution >= 0.6 is 11.3 Å². The number of nitrogens with two attached hydrogens (primary N) is 1. The first-order valence-electron chi connectivity index (χ1n) is 7.12. The molecule has 0 spiro atoms. The number of rotatable bonds is 5. The molecule has 0 saturated carbocycles. The van der Waals surface area contributed by atoms with E-state index in [1.807, 2.05) is 6.07 Å². The zero-order valence-corrected chi connectivity index (χ0v) is 13.0. The molecular weight excluding hydrogens is 294 g/mol. The summed E-state index contributed by atoms with van der Waals surface area (Å²) in [6.45, 7) is 3.63. The Morgan fingerprint density at radius 1 is 1.35 bits per heavy atom. The molecule has 1 atom stereocenters. The van der Waals surface area contributed by atoms with E-state index in [1.54, 1.807) is 6.07 Å². The van der Waals surface area contributed by atoms with Crippen molar-refractivity contribution in [2.45, 2.75) is 29.5 Å². The summed E-state index contributed by atoms with van der Waals surface area (Å²) in [5.41, 5.74) is 5.51. The molecule has 3 aliphatic rings. The molecular formula is C13H21N3O2S2. The number of sulfonamides is 1. The molecule has 3 aliphatic heterocycles. The minimum absolute atomic E-state index is 0.0718.